The molecule has 1 heterocycles. The Morgan fingerprint density at radius 2 is 1.00 bits per heavy atom. The number of hydrogen-bond acceptors (Lipinski definition) is 6. The summed E-state index contributed by atoms with van der Waals surface area (Å²) < 4.78 is 27.1. The molecule has 1 aliphatic rings. The smallest absolute Gasteiger partial charge is 0.254 e. The third-order valence-corrected chi connectivity index (χ3v) is 8.30. The number of thioether (sulfide) groups is 1. The maximum atomic E-state index is 14.2. The normalized spacial score (nSPS) is 20.3. The molecule has 0 radical (unpaired) electrons. The van der Waals surface area contributed by atoms with Crippen LogP contribution in [0.25, 0.3) is 0 Å². The second-order valence-corrected chi connectivity index (χ2v) is 11.7. The van der Waals surface area contributed by atoms with Gasteiger partial charge in [-0.2, -0.15) is 4.74 Å². The van der Waals surface area contributed by atoms with Gasteiger partial charge in [0.15, 0.2) is 12.2 Å². The monoisotopic (exact) mass is 597 g/mol. The predicted molar refractivity (Wildman–Crippen MR) is 172 cm³/mol. The molecule has 4 aromatic rings. The molecule has 0 bridgehead atoms. The average molecular weight is 598 g/mol. The van der Waals surface area contributed by atoms with Gasteiger partial charge in [-0.25, -0.2) is 0 Å². The van der Waals surface area contributed by atoms with E-state index < -0.39 is 24.4 Å². The van der Waals surface area contributed by atoms with Gasteiger partial charge in [-0.1, -0.05) is 140 Å². The first-order chi connectivity index (χ1) is 21.2. The van der Waals surface area contributed by atoms with Gasteiger partial charge in [0.2, 0.25) is 6.04 Å². The standard InChI is InChI=1S/C36H39NO5S/c1-2-43-36-35(42-26-31-21-13-6-14-22-31)34(41-25-30-19-11-5-12-20-30)33(40-24-29-17-9-4-10-18-29)32(37(36)38)27-39-23-28-15-7-3-8-16-28/h3-22,32-35H,2,23-27H2,1H3/t32-,33+,34-,35+/m0/s1. The van der Waals surface area contributed by atoms with E-state index in [1.54, 1.807) is 0 Å². The molecule has 0 N–H and O–H groups in total. The Kier molecular flexibility index (Phi) is 11.8. The van der Waals surface area contributed by atoms with Gasteiger partial charge in [-0.05, 0) is 22.3 Å². The lowest BCUT2D eigenvalue weighted by molar-refractivity contribution is -0.533. The van der Waals surface area contributed by atoms with Crippen LogP contribution in [0.1, 0.15) is 29.2 Å². The van der Waals surface area contributed by atoms with Crippen LogP contribution in [0.4, 0.5) is 0 Å². The van der Waals surface area contributed by atoms with Gasteiger partial charge in [0.1, 0.15) is 12.7 Å². The Morgan fingerprint density at radius 3 is 1.47 bits per heavy atom. The van der Waals surface area contributed by atoms with E-state index in [2.05, 4.69) is 0 Å². The van der Waals surface area contributed by atoms with E-state index in [1.165, 1.54) is 11.8 Å². The van der Waals surface area contributed by atoms with Crippen molar-refractivity contribution >= 4 is 16.8 Å². The topological polar surface area (TPSA) is 63.0 Å². The molecule has 4 aromatic carbocycles. The van der Waals surface area contributed by atoms with Crippen molar-refractivity contribution in [1.29, 1.82) is 0 Å². The quantitative estimate of drug-likeness (QED) is 0.115. The Labute approximate surface area is 258 Å². The first kappa shape index (κ1) is 31.0. The highest BCUT2D eigenvalue weighted by Crippen LogP contribution is 2.30. The minimum absolute atomic E-state index is 0.183. The fourth-order valence-corrected chi connectivity index (χ4v) is 6.05. The molecule has 4 atom stereocenters. The van der Waals surface area contributed by atoms with E-state index in [9.17, 15) is 5.21 Å². The van der Waals surface area contributed by atoms with Crippen molar-refractivity contribution in [3.63, 3.8) is 0 Å². The van der Waals surface area contributed by atoms with Crippen LogP contribution in [0.2, 0.25) is 0 Å². The van der Waals surface area contributed by atoms with Gasteiger partial charge in [-0.3, -0.25) is 0 Å². The van der Waals surface area contributed by atoms with E-state index in [1.807, 2.05) is 128 Å². The number of rotatable bonds is 14. The van der Waals surface area contributed by atoms with Crippen LogP contribution in [0.3, 0.4) is 0 Å². The third-order valence-electron chi connectivity index (χ3n) is 7.30. The van der Waals surface area contributed by atoms with Crippen LogP contribution in [0.15, 0.2) is 121 Å². The second-order valence-electron chi connectivity index (χ2n) is 10.4. The van der Waals surface area contributed by atoms with Crippen molar-refractivity contribution in [2.24, 2.45) is 0 Å². The molecule has 7 heteroatoms. The number of hydrogen-bond donors (Lipinski definition) is 0. The summed E-state index contributed by atoms with van der Waals surface area (Å²) in [7, 11) is 0. The lowest BCUT2D eigenvalue weighted by Crippen LogP contribution is -2.61. The molecular formula is C36H39NO5S. The molecule has 1 aliphatic heterocycles. The largest absolute Gasteiger partial charge is 0.623 e. The molecular weight excluding hydrogens is 558 g/mol. The van der Waals surface area contributed by atoms with E-state index >= 15 is 0 Å². The van der Waals surface area contributed by atoms with Crippen molar-refractivity contribution in [3.05, 3.63) is 149 Å². The first-order valence-corrected chi connectivity index (χ1v) is 15.8. The highest BCUT2D eigenvalue weighted by Gasteiger charge is 2.51. The molecule has 0 aromatic heterocycles. The summed E-state index contributed by atoms with van der Waals surface area (Å²) in [5.74, 6) is 0.720. The molecule has 43 heavy (non-hydrogen) atoms. The maximum absolute atomic E-state index is 14.2. The van der Waals surface area contributed by atoms with E-state index in [-0.39, 0.29) is 6.61 Å². The summed E-state index contributed by atoms with van der Waals surface area (Å²) in [4.78, 5) is 0. The summed E-state index contributed by atoms with van der Waals surface area (Å²) in [5.41, 5.74) is 4.13. The summed E-state index contributed by atoms with van der Waals surface area (Å²) in [6.07, 6.45) is -1.77. The zero-order valence-electron chi connectivity index (χ0n) is 24.5. The summed E-state index contributed by atoms with van der Waals surface area (Å²) in [5, 5.41) is 14.8. The third kappa shape index (κ3) is 8.78. The fraction of sp³-hybridized carbons (Fsp3) is 0.306. The van der Waals surface area contributed by atoms with Crippen molar-refractivity contribution in [2.45, 2.75) is 57.7 Å². The summed E-state index contributed by atoms with van der Waals surface area (Å²) in [6, 6.07) is 39.4. The molecule has 0 amide bonds. The lowest BCUT2D eigenvalue weighted by Gasteiger charge is -2.40. The second kappa shape index (κ2) is 16.4. The van der Waals surface area contributed by atoms with E-state index in [0.717, 1.165) is 32.7 Å². The van der Waals surface area contributed by atoms with Crippen LogP contribution in [0, 0.1) is 5.21 Å². The minimum atomic E-state index is -0.626. The fourth-order valence-electron chi connectivity index (χ4n) is 5.13. The molecule has 6 nitrogen and oxygen atoms in total. The van der Waals surface area contributed by atoms with Gasteiger partial charge in [-0.15, -0.1) is 0 Å². The number of ether oxygens (including phenoxy) is 4. The van der Waals surface area contributed by atoms with Gasteiger partial charge in [0.05, 0.1) is 26.4 Å². The highest BCUT2D eigenvalue weighted by molar-refractivity contribution is 8.13. The van der Waals surface area contributed by atoms with E-state index in [4.69, 9.17) is 18.9 Å². The molecule has 0 saturated carbocycles. The zero-order valence-corrected chi connectivity index (χ0v) is 25.3. The van der Waals surface area contributed by atoms with Gasteiger partial charge >= 0.3 is 0 Å². The predicted octanol–water partition coefficient (Wildman–Crippen LogP) is 7.00. The van der Waals surface area contributed by atoms with Crippen LogP contribution < -0.4 is 0 Å². The summed E-state index contributed by atoms with van der Waals surface area (Å²) >= 11 is 1.49. The number of hydroxylamine groups is 1. The van der Waals surface area contributed by atoms with Gasteiger partial charge < -0.3 is 24.2 Å². The van der Waals surface area contributed by atoms with Gasteiger partial charge in [0.25, 0.3) is 5.04 Å². The van der Waals surface area contributed by atoms with Crippen LogP contribution in [0.5, 0.6) is 0 Å². The molecule has 0 saturated heterocycles. The maximum Gasteiger partial charge on any atom is 0.254 e. The average Bonchev–Trinajstić information content (AvgIpc) is 3.06. The van der Waals surface area contributed by atoms with Crippen molar-refractivity contribution < 1.29 is 23.7 Å². The van der Waals surface area contributed by atoms with Crippen molar-refractivity contribution in [2.75, 3.05) is 12.4 Å². The Morgan fingerprint density at radius 1 is 0.581 bits per heavy atom. The Hall–Kier alpha value is -3.46. The van der Waals surface area contributed by atoms with Crippen molar-refractivity contribution in [1.82, 2.24) is 0 Å². The summed E-state index contributed by atoms with van der Waals surface area (Å²) in [6.45, 7) is 3.67. The van der Waals surface area contributed by atoms with Gasteiger partial charge in [0, 0.05) is 5.75 Å². The Balaban J connectivity index is 1.47. The number of nitrogens with zero attached hydrogens (tertiary/aromatic N) is 1. The van der Waals surface area contributed by atoms with Crippen LogP contribution in [-0.2, 0) is 45.4 Å². The minimum Gasteiger partial charge on any atom is -0.623 e. The van der Waals surface area contributed by atoms with E-state index in [0.29, 0.717) is 31.5 Å². The first-order valence-electron chi connectivity index (χ1n) is 14.8. The lowest BCUT2D eigenvalue weighted by atomic mass is 9.97. The molecule has 224 valence electrons. The van der Waals surface area contributed by atoms with Crippen molar-refractivity contribution in [3.8, 4) is 0 Å². The number of benzene rings is 4. The SMILES string of the molecule is CCSC1=[N+]([O-])[C@@H](COCc2ccccc2)[C@@H](OCc2ccccc2)[C@H](OCc2ccccc2)[C@H]1OCc1ccccc1. The molecule has 0 spiro atoms. The Bertz CT molecular complexity index is 1390. The van der Waals surface area contributed by atoms with Crippen LogP contribution in [-0.4, -0.2) is 46.5 Å². The molecule has 0 fully saturated rings. The highest BCUT2D eigenvalue weighted by atomic mass is 32.2. The van der Waals surface area contributed by atoms with Crippen LogP contribution >= 0.6 is 11.8 Å². The molecule has 5 rings (SSSR count). The zero-order chi connectivity index (χ0) is 29.7. The molecule has 0 aliphatic carbocycles. The molecule has 0 unspecified atom stereocenters.